The van der Waals surface area contributed by atoms with E-state index < -0.39 is 0 Å². The fourth-order valence-corrected chi connectivity index (χ4v) is 3.12. The van der Waals surface area contributed by atoms with Crippen molar-refractivity contribution >= 4 is 11.6 Å². The minimum atomic E-state index is -0.328. The summed E-state index contributed by atoms with van der Waals surface area (Å²) in [5.41, 5.74) is 1.38. The van der Waals surface area contributed by atoms with E-state index in [1.807, 2.05) is 6.07 Å². The lowest BCUT2D eigenvalue weighted by Gasteiger charge is -2.39. The first-order valence-electron chi connectivity index (χ1n) is 8.65. The average Bonchev–Trinajstić information content (AvgIpc) is 2.67. The molecule has 1 aromatic heterocycles. The molecule has 1 unspecified atom stereocenters. The summed E-state index contributed by atoms with van der Waals surface area (Å²) in [7, 11) is 0. The van der Waals surface area contributed by atoms with Crippen molar-refractivity contribution in [2.45, 2.75) is 13.0 Å². The number of aromatic nitrogens is 1. The number of rotatable bonds is 5. The molecule has 1 aromatic carbocycles. The van der Waals surface area contributed by atoms with Crippen LogP contribution in [0.3, 0.4) is 0 Å². The third-order valence-electron chi connectivity index (χ3n) is 4.67. The first-order chi connectivity index (χ1) is 12.1. The Morgan fingerprint density at radius 2 is 1.80 bits per heavy atom. The van der Waals surface area contributed by atoms with E-state index in [0.29, 0.717) is 11.3 Å². The van der Waals surface area contributed by atoms with Gasteiger partial charge in [0.15, 0.2) is 6.20 Å². The van der Waals surface area contributed by atoms with Crippen LogP contribution in [-0.4, -0.2) is 49.6 Å². The Morgan fingerprint density at radius 1 is 1.12 bits per heavy atom. The van der Waals surface area contributed by atoms with Gasteiger partial charge in [-0.1, -0.05) is 18.2 Å². The molecule has 1 aliphatic rings. The maximum atomic E-state index is 12.1. The fraction of sp³-hybridized carbons (Fsp3) is 0.368. The van der Waals surface area contributed by atoms with Crippen LogP contribution in [0.2, 0.25) is 0 Å². The molecule has 0 spiro atoms. The van der Waals surface area contributed by atoms with E-state index in [-0.39, 0.29) is 17.6 Å². The Hall–Kier alpha value is -2.60. The number of nitrogens with zero attached hydrogens (tertiary/aromatic N) is 3. The summed E-state index contributed by atoms with van der Waals surface area (Å²) in [6.45, 7) is 6.49. The van der Waals surface area contributed by atoms with Crippen LogP contribution < -0.4 is 14.9 Å². The molecular weight excluding hydrogens is 316 g/mol. The minimum absolute atomic E-state index is 0.128. The standard InChI is InChI=1S/C19H24N4O2/c1-16(15-20-19(24)18-9-5-6-10-23(18)25)21-11-13-22(14-12-21)17-7-3-2-4-8-17/h2-10,16H,11-15H2,1H3,(H,20,24). The van der Waals surface area contributed by atoms with E-state index in [9.17, 15) is 10.0 Å². The number of para-hydroxylation sites is 1. The van der Waals surface area contributed by atoms with Crippen molar-refractivity contribution in [1.29, 1.82) is 0 Å². The van der Waals surface area contributed by atoms with Crippen molar-refractivity contribution < 1.29 is 9.52 Å². The number of anilines is 1. The first kappa shape index (κ1) is 17.2. The molecule has 1 fully saturated rings. The van der Waals surface area contributed by atoms with Gasteiger partial charge in [0.1, 0.15) is 0 Å². The van der Waals surface area contributed by atoms with E-state index in [2.05, 4.69) is 46.3 Å². The van der Waals surface area contributed by atoms with E-state index in [4.69, 9.17) is 0 Å². The predicted octanol–water partition coefficient (Wildman–Crippen LogP) is 1.26. The van der Waals surface area contributed by atoms with Gasteiger partial charge in [0.05, 0.1) is 0 Å². The van der Waals surface area contributed by atoms with Gasteiger partial charge in [-0.15, -0.1) is 0 Å². The molecule has 6 heteroatoms. The maximum absolute atomic E-state index is 12.1. The number of amides is 1. The molecule has 1 aliphatic heterocycles. The van der Waals surface area contributed by atoms with Crippen molar-refractivity contribution in [3.05, 3.63) is 65.6 Å². The molecular formula is C19H24N4O2. The highest BCUT2D eigenvalue weighted by Crippen LogP contribution is 2.16. The van der Waals surface area contributed by atoms with Gasteiger partial charge in [0, 0.05) is 56.6 Å². The lowest BCUT2D eigenvalue weighted by molar-refractivity contribution is -0.607. The molecule has 132 valence electrons. The van der Waals surface area contributed by atoms with Crippen LogP contribution >= 0.6 is 0 Å². The quantitative estimate of drug-likeness (QED) is 0.657. The van der Waals surface area contributed by atoms with Gasteiger partial charge in [0.25, 0.3) is 5.69 Å². The second kappa shape index (κ2) is 7.98. The number of hydrogen-bond acceptors (Lipinski definition) is 4. The summed E-state index contributed by atoms with van der Waals surface area (Å²) in [4.78, 5) is 16.9. The van der Waals surface area contributed by atoms with Gasteiger partial charge >= 0.3 is 5.91 Å². The van der Waals surface area contributed by atoms with Crippen molar-refractivity contribution in [3.8, 4) is 0 Å². The van der Waals surface area contributed by atoms with Gasteiger partial charge in [-0.3, -0.25) is 9.69 Å². The Morgan fingerprint density at radius 3 is 2.48 bits per heavy atom. The predicted molar refractivity (Wildman–Crippen MR) is 97.4 cm³/mol. The van der Waals surface area contributed by atoms with Crippen molar-refractivity contribution in [2.75, 3.05) is 37.6 Å². The summed E-state index contributed by atoms with van der Waals surface area (Å²) < 4.78 is 0.596. The molecule has 0 radical (unpaired) electrons. The second-order valence-electron chi connectivity index (χ2n) is 6.33. The van der Waals surface area contributed by atoms with Crippen LogP contribution in [0.1, 0.15) is 17.4 Å². The number of benzene rings is 1. The zero-order chi connectivity index (χ0) is 17.6. The Balaban J connectivity index is 1.47. The molecule has 0 aliphatic carbocycles. The molecule has 0 bridgehead atoms. The molecule has 1 N–H and O–H groups in total. The van der Waals surface area contributed by atoms with Crippen molar-refractivity contribution in [1.82, 2.24) is 10.2 Å². The molecule has 2 aromatic rings. The number of hydrogen-bond donors (Lipinski definition) is 1. The van der Waals surface area contributed by atoms with Gasteiger partial charge in [-0.05, 0) is 25.1 Å². The highest BCUT2D eigenvalue weighted by atomic mass is 16.5. The third-order valence-corrected chi connectivity index (χ3v) is 4.67. The Labute approximate surface area is 148 Å². The maximum Gasteiger partial charge on any atom is 0.317 e. The highest BCUT2D eigenvalue weighted by Gasteiger charge is 2.22. The van der Waals surface area contributed by atoms with Gasteiger partial charge < -0.3 is 15.4 Å². The van der Waals surface area contributed by atoms with Crippen LogP contribution in [0.4, 0.5) is 5.69 Å². The highest BCUT2D eigenvalue weighted by molar-refractivity contribution is 5.90. The van der Waals surface area contributed by atoms with Crippen LogP contribution in [-0.2, 0) is 0 Å². The van der Waals surface area contributed by atoms with E-state index in [1.54, 1.807) is 12.1 Å². The average molecular weight is 340 g/mol. The topological polar surface area (TPSA) is 62.5 Å². The van der Waals surface area contributed by atoms with Crippen LogP contribution in [0.15, 0.2) is 54.7 Å². The third kappa shape index (κ3) is 4.28. The Kier molecular flexibility index (Phi) is 5.50. The molecule has 2 heterocycles. The summed E-state index contributed by atoms with van der Waals surface area (Å²) in [5.74, 6) is -0.328. The van der Waals surface area contributed by atoms with E-state index in [0.717, 1.165) is 26.2 Å². The number of pyridine rings is 1. The second-order valence-corrected chi connectivity index (χ2v) is 6.33. The normalized spacial score (nSPS) is 16.4. The van der Waals surface area contributed by atoms with E-state index >= 15 is 0 Å². The minimum Gasteiger partial charge on any atom is -0.618 e. The summed E-state index contributed by atoms with van der Waals surface area (Å²) in [6, 6.07) is 15.5. The van der Waals surface area contributed by atoms with Gasteiger partial charge in [0.2, 0.25) is 0 Å². The zero-order valence-corrected chi connectivity index (χ0v) is 14.5. The first-order valence-corrected chi connectivity index (χ1v) is 8.65. The monoisotopic (exact) mass is 340 g/mol. The number of nitrogens with one attached hydrogen (secondary N) is 1. The number of piperazine rings is 1. The van der Waals surface area contributed by atoms with Crippen LogP contribution in [0.5, 0.6) is 0 Å². The van der Waals surface area contributed by atoms with Crippen molar-refractivity contribution in [2.24, 2.45) is 0 Å². The number of carbonyl (C=O) groups is 1. The molecule has 1 amide bonds. The van der Waals surface area contributed by atoms with Gasteiger partial charge in [-0.2, -0.15) is 4.73 Å². The van der Waals surface area contributed by atoms with Gasteiger partial charge in [-0.25, -0.2) is 0 Å². The summed E-state index contributed by atoms with van der Waals surface area (Å²) in [5, 5.41) is 14.5. The van der Waals surface area contributed by atoms with E-state index in [1.165, 1.54) is 18.0 Å². The Bertz CT molecular complexity index is 700. The van der Waals surface area contributed by atoms with Crippen LogP contribution in [0, 0.1) is 5.21 Å². The lowest BCUT2D eigenvalue weighted by Crippen LogP contribution is -2.52. The van der Waals surface area contributed by atoms with Crippen LogP contribution in [0.25, 0.3) is 0 Å². The molecule has 3 rings (SSSR count). The molecule has 25 heavy (non-hydrogen) atoms. The molecule has 0 saturated carbocycles. The zero-order valence-electron chi connectivity index (χ0n) is 14.5. The van der Waals surface area contributed by atoms with Crippen molar-refractivity contribution in [3.63, 3.8) is 0 Å². The lowest BCUT2D eigenvalue weighted by atomic mass is 10.2. The molecule has 1 saturated heterocycles. The summed E-state index contributed by atoms with van der Waals surface area (Å²) in [6.07, 6.45) is 1.33. The fourth-order valence-electron chi connectivity index (χ4n) is 3.12. The smallest absolute Gasteiger partial charge is 0.317 e. The largest absolute Gasteiger partial charge is 0.618 e. The number of carbonyl (C=O) groups excluding carboxylic acids is 1. The SMILES string of the molecule is CC(CNC(=O)c1cccc[n+]1[O-])N1CCN(c2ccccc2)CC1. The summed E-state index contributed by atoms with van der Waals surface area (Å²) >= 11 is 0. The molecule has 1 atom stereocenters. The molecule has 6 nitrogen and oxygen atoms in total.